The van der Waals surface area contributed by atoms with E-state index >= 15 is 4.39 Å². The lowest BCUT2D eigenvalue weighted by Gasteiger charge is -2.43. The molecule has 1 unspecified atom stereocenters. The molecule has 0 amide bonds. The molecule has 12 nitrogen and oxygen atoms in total. The van der Waals surface area contributed by atoms with Gasteiger partial charge < -0.3 is 24.2 Å². The molecule has 0 bridgehead atoms. The van der Waals surface area contributed by atoms with Crippen molar-refractivity contribution in [3.63, 3.8) is 0 Å². The minimum Gasteiger partial charge on any atom is -0.583 e. The van der Waals surface area contributed by atoms with Crippen molar-refractivity contribution in [3.05, 3.63) is 62.4 Å². The molecule has 5 atom stereocenters. The number of ether oxygens (including phenoxy) is 3. The number of aromatic amines is 1. The number of carbonyl (C=O) groups is 1. The molecule has 0 saturated carbocycles. The number of halogens is 2. The van der Waals surface area contributed by atoms with E-state index in [1.54, 1.807) is 6.92 Å². The molecular weight excluding hydrogens is 548 g/mol. The number of nitrogens with zero attached hydrogens (tertiary/aromatic N) is 2. The van der Waals surface area contributed by atoms with Gasteiger partial charge in [-0.2, -0.15) is 4.39 Å². The molecule has 1 aromatic carbocycles. The van der Waals surface area contributed by atoms with E-state index in [0.29, 0.717) is 16.0 Å². The van der Waals surface area contributed by atoms with Crippen LogP contribution in [0, 0.1) is 0 Å². The number of esters is 1. The summed E-state index contributed by atoms with van der Waals surface area (Å²) in [5.74, 6) is -6.80. The third-order valence-electron chi connectivity index (χ3n) is 5.65. The van der Waals surface area contributed by atoms with Crippen molar-refractivity contribution in [2.45, 2.75) is 63.5 Å². The largest absolute Gasteiger partial charge is 0.583 e. The SMILES string of the molecule is CCCC(=O)O[C@@H](C)CN=[P+]([O-])O[C@](C)(O)[C@]1(F)OCC[C@@]1(Oc1ccc(Cl)cc1)n1ccc(=O)[nH]c1=O. The van der Waals surface area contributed by atoms with E-state index < -0.39 is 48.9 Å². The van der Waals surface area contributed by atoms with Gasteiger partial charge >= 0.3 is 25.7 Å². The van der Waals surface area contributed by atoms with Crippen LogP contribution in [0.3, 0.4) is 0 Å². The normalized spacial score (nSPS) is 24.0. The number of carbonyl (C=O) groups excluding carboxylic acids is 1. The molecule has 2 N–H and O–H groups in total. The lowest BCUT2D eigenvalue weighted by Crippen LogP contribution is -2.67. The Morgan fingerprint density at radius 3 is 2.71 bits per heavy atom. The predicted octanol–water partition coefficient (Wildman–Crippen LogP) is 2.32. The highest BCUT2D eigenvalue weighted by molar-refractivity contribution is 7.33. The summed E-state index contributed by atoms with van der Waals surface area (Å²) in [6.07, 6.45) is 0.668. The average molecular weight is 576 g/mol. The minimum absolute atomic E-state index is 0.0348. The van der Waals surface area contributed by atoms with Crippen molar-refractivity contribution in [1.29, 1.82) is 0 Å². The highest BCUT2D eigenvalue weighted by atomic mass is 35.5. The van der Waals surface area contributed by atoms with Crippen LogP contribution in [0.5, 0.6) is 5.75 Å². The maximum absolute atomic E-state index is 16.9. The fraction of sp³-hybridized carbons (Fsp3) is 0.522. The fourth-order valence-electron chi connectivity index (χ4n) is 3.89. The molecule has 1 aliphatic heterocycles. The summed E-state index contributed by atoms with van der Waals surface area (Å²) in [5.41, 5.74) is -4.26. The molecule has 1 saturated heterocycles. The molecule has 0 spiro atoms. The van der Waals surface area contributed by atoms with Crippen LogP contribution in [0.1, 0.15) is 40.0 Å². The Kier molecular flexibility index (Phi) is 9.45. The molecule has 1 fully saturated rings. The Balaban J connectivity index is 1.97. The Morgan fingerprint density at radius 2 is 2.08 bits per heavy atom. The lowest BCUT2D eigenvalue weighted by molar-refractivity contribution is -0.368. The van der Waals surface area contributed by atoms with Crippen LogP contribution in [-0.2, 0) is 24.5 Å². The summed E-state index contributed by atoms with van der Waals surface area (Å²) >= 11 is 5.92. The monoisotopic (exact) mass is 575 g/mol. The number of rotatable bonds is 11. The number of benzene rings is 1. The Labute approximate surface area is 222 Å². The highest BCUT2D eigenvalue weighted by Gasteiger charge is 2.73. The van der Waals surface area contributed by atoms with Gasteiger partial charge in [-0.25, -0.2) is 4.79 Å². The number of aliphatic hydroxyl groups is 1. The first-order valence-electron chi connectivity index (χ1n) is 11.7. The van der Waals surface area contributed by atoms with E-state index in [4.69, 9.17) is 30.3 Å². The van der Waals surface area contributed by atoms with Crippen LogP contribution in [0.25, 0.3) is 0 Å². The summed E-state index contributed by atoms with van der Waals surface area (Å²) in [4.78, 5) is 50.7. The first kappa shape index (κ1) is 29.9. The number of hydrogen-bond acceptors (Lipinski definition) is 10. The topological polar surface area (TPSA) is 164 Å². The zero-order chi connectivity index (χ0) is 28.1. The van der Waals surface area contributed by atoms with Crippen molar-refractivity contribution >= 4 is 25.7 Å². The van der Waals surface area contributed by atoms with Gasteiger partial charge in [0.2, 0.25) is 0 Å². The Bertz CT molecular complexity index is 1290. The van der Waals surface area contributed by atoms with Crippen molar-refractivity contribution in [1.82, 2.24) is 9.55 Å². The highest BCUT2D eigenvalue weighted by Crippen LogP contribution is 2.52. The van der Waals surface area contributed by atoms with Gasteiger partial charge in [-0.05, 0) is 37.6 Å². The zero-order valence-electron chi connectivity index (χ0n) is 20.9. The first-order chi connectivity index (χ1) is 17.8. The maximum atomic E-state index is 16.9. The van der Waals surface area contributed by atoms with E-state index in [-0.39, 0.29) is 31.7 Å². The summed E-state index contributed by atoms with van der Waals surface area (Å²) < 4.78 is 42.8. The minimum atomic E-state index is -3.36. The van der Waals surface area contributed by atoms with E-state index in [1.807, 2.05) is 4.98 Å². The van der Waals surface area contributed by atoms with Crippen LogP contribution < -0.4 is 20.9 Å². The number of nitrogens with one attached hydrogen (secondary N) is 1. The number of alkyl halides is 1. The van der Waals surface area contributed by atoms with Gasteiger partial charge in [-0.3, -0.25) is 19.1 Å². The predicted molar refractivity (Wildman–Crippen MR) is 132 cm³/mol. The second-order valence-electron chi connectivity index (χ2n) is 8.70. The van der Waals surface area contributed by atoms with Gasteiger partial charge in [0.05, 0.1) is 6.61 Å². The van der Waals surface area contributed by atoms with Crippen molar-refractivity contribution in [2.75, 3.05) is 13.2 Å². The summed E-state index contributed by atoms with van der Waals surface area (Å²) in [7, 11) is -3.07. The summed E-state index contributed by atoms with van der Waals surface area (Å²) in [5, 5.41) is 11.5. The van der Waals surface area contributed by atoms with Crippen LogP contribution in [0.2, 0.25) is 5.02 Å². The second-order valence-corrected chi connectivity index (χ2v) is 10.1. The summed E-state index contributed by atoms with van der Waals surface area (Å²) in [6, 6.07) is 6.65. The zero-order valence-corrected chi connectivity index (χ0v) is 22.5. The third kappa shape index (κ3) is 6.31. The number of hydrogen-bond donors (Lipinski definition) is 2. The van der Waals surface area contributed by atoms with E-state index in [9.17, 15) is 24.4 Å². The van der Waals surface area contributed by atoms with Gasteiger partial charge in [0.15, 0.2) is 0 Å². The molecule has 1 aromatic heterocycles. The Hall–Kier alpha value is -2.67. The molecule has 2 heterocycles. The molecule has 0 aliphatic carbocycles. The molecule has 38 heavy (non-hydrogen) atoms. The first-order valence-corrected chi connectivity index (χ1v) is 13.2. The molecule has 2 aromatic rings. The van der Waals surface area contributed by atoms with Gasteiger partial charge in [-0.1, -0.05) is 23.3 Å². The fourth-order valence-corrected chi connectivity index (χ4v) is 4.85. The van der Waals surface area contributed by atoms with Crippen molar-refractivity contribution < 1.29 is 37.9 Å². The van der Waals surface area contributed by atoms with Crippen molar-refractivity contribution in [3.8, 4) is 5.75 Å². The van der Waals surface area contributed by atoms with Gasteiger partial charge in [0.1, 0.15) is 18.4 Å². The molecule has 0 radical (unpaired) electrons. The third-order valence-corrected chi connectivity index (χ3v) is 6.81. The standard InChI is InChI=1S/C23H28ClFN3O9P/c1-4-5-19(30)35-15(2)14-26-38(33)37-21(3,32)23(25)22(11-13-34-23,28-12-10-18(29)27-20(28)31)36-17-8-6-16(24)7-9-17/h6-10,12,15,32H,4-5,11,13-14H2,1-3H3,(H,27,29,31)/t15-,21-,22-,23-/m0/s1. The Morgan fingerprint density at radius 1 is 1.39 bits per heavy atom. The van der Waals surface area contributed by atoms with E-state index in [1.165, 1.54) is 31.2 Å². The van der Waals surface area contributed by atoms with Gasteiger partial charge in [-0.15, -0.1) is 4.52 Å². The van der Waals surface area contributed by atoms with Crippen molar-refractivity contribution in [2.24, 2.45) is 4.74 Å². The van der Waals surface area contributed by atoms with E-state index in [0.717, 1.165) is 19.2 Å². The summed E-state index contributed by atoms with van der Waals surface area (Å²) in [6.45, 7) is 3.53. The smallest absolute Gasteiger partial charge is 0.345 e. The van der Waals surface area contributed by atoms with Gasteiger partial charge in [0, 0.05) is 37.1 Å². The van der Waals surface area contributed by atoms with Crippen LogP contribution >= 0.6 is 19.8 Å². The van der Waals surface area contributed by atoms with E-state index in [2.05, 4.69) is 4.74 Å². The molecule has 15 heteroatoms. The molecule has 3 rings (SSSR count). The molecule has 208 valence electrons. The molecular formula is C23H28ClFN3O9P. The lowest BCUT2D eigenvalue weighted by atomic mass is 9.95. The maximum Gasteiger partial charge on any atom is 0.345 e. The molecule has 1 aliphatic rings. The number of H-pyrrole nitrogens is 1. The average Bonchev–Trinajstić information content (AvgIpc) is 3.17. The quantitative estimate of drug-likeness (QED) is 0.232. The second kappa shape index (κ2) is 12.0. The number of aromatic nitrogens is 2. The van der Waals surface area contributed by atoms with Gasteiger partial charge in [0.25, 0.3) is 17.1 Å². The van der Waals surface area contributed by atoms with Crippen LogP contribution in [0.4, 0.5) is 4.39 Å². The van der Waals surface area contributed by atoms with Crippen LogP contribution in [0.15, 0.2) is 50.9 Å². The van der Waals surface area contributed by atoms with Crippen LogP contribution in [-0.4, -0.2) is 51.5 Å².